The van der Waals surface area contributed by atoms with Crippen LogP contribution in [0.25, 0.3) is 5.57 Å². The summed E-state index contributed by atoms with van der Waals surface area (Å²) in [4.78, 5) is 2.49. The second-order valence-electron chi connectivity index (χ2n) is 8.43. The van der Waals surface area contributed by atoms with Crippen molar-refractivity contribution in [3.05, 3.63) is 64.2 Å². The molecule has 2 aliphatic heterocycles. The Labute approximate surface area is 202 Å². The van der Waals surface area contributed by atoms with Crippen LogP contribution in [0, 0.1) is 5.82 Å². The van der Waals surface area contributed by atoms with Gasteiger partial charge in [0, 0.05) is 25.8 Å². The highest BCUT2D eigenvalue weighted by Gasteiger charge is 2.26. The first-order valence-electron chi connectivity index (χ1n) is 12.7. The van der Waals surface area contributed by atoms with Crippen molar-refractivity contribution in [2.24, 2.45) is 0 Å². The van der Waals surface area contributed by atoms with Crippen molar-refractivity contribution >= 4 is 5.57 Å². The zero-order valence-electron chi connectivity index (χ0n) is 22.1. The highest BCUT2D eigenvalue weighted by Crippen LogP contribution is 2.38. The van der Waals surface area contributed by atoms with E-state index in [9.17, 15) is 4.39 Å². The van der Waals surface area contributed by atoms with E-state index in [0.717, 1.165) is 43.1 Å². The Kier molecular flexibility index (Phi) is 14.7. The Morgan fingerprint density at radius 3 is 2.00 bits per heavy atom. The van der Waals surface area contributed by atoms with Crippen LogP contribution in [0.3, 0.4) is 0 Å². The first-order chi connectivity index (χ1) is 16.0. The minimum absolute atomic E-state index is 0.197. The lowest BCUT2D eigenvalue weighted by molar-refractivity contribution is 0.215. The van der Waals surface area contributed by atoms with Crippen molar-refractivity contribution in [3.63, 3.8) is 0 Å². The molecule has 0 bridgehead atoms. The molecular formula is C29H46FNO2. The van der Waals surface area contributed by atoms with E-state index in [-0.39, 0.29) is 5.82 Å². The van der Waals surface area contributed by atoms with Crippen molar-refractivity contribution in [3.8, 4) is 0 Å². The zero-order valence-corrected chi connectivity index (χ0v) is 22.1. The Balaban J connectivity index is 0.000000516. The van der Waals surface area contributed by atoms with Gasteiger partial charge in [-0.25, -0.2) is 4.39 Å². The Morgan fingerprint density at radius 1 is 1.03 bits per heavy atom. The molecule has 1 aromatic carbocycles. The molecule has 0 unspecified atom stereocenters. The summed E-state index contributed by atoms with van der Waals surface area (Å²) in [5.41, 5.74) is 5.87. The number of methoxy groups -OCH3 is 1. The second kappa shape index (κ2) is 16.7. The molecule has 2 heterocycles. The molecule has 2 fully saturated rings. The highest BCUT2D eigenvalue weighted by atomic mass is 19.1. The normalized spacial score (nSPS) is 18.3. The molecule has 4 rings (SSSR count). The lowest BCUT2D eigenvalue weighted by atomic mass is 9.88. The molecule has 0 amide bonds. The average Bonchev–Trinajstić information content (AvgIpc) is 3.65. The largest absolute Gasteiger partial charge is 0.489 e. The van der Waals surface area contributed by atoms with Crippen LogP contribution in [0.15, 0.2) is 52.8 Å². The molecule has 3 nitrogen and oxygen atoms in total. The van der Waals surface area contributed by atoms with Gasteiger partial charge in [0.15, 0.2) is 0 Å². The van der Waals surface area contributed by atoms with Gasteiger partial charge in [0.05, 0.1) is 0 Å². The van der Waals surface area contributed by atoms with Crippen molar-refractivity contribution in [2.75, 3.05) is 40.0 Å². The van der Waals surface area contributed by atoms with Crippen LogP contribution in [0.4, 0.5) is 4.39 Å². The van der Waals surface area contributed by atoms with Crippen LogP contribution in [0.5, 0.6) is 0 Å². The molecule has 186 valence electrons. The number of hydrogen-bond donors (Lipinski definition) is 0. The van der Waals surface area contributed by atoms with Gasteiger partial charge in [0.2, 0.25) is 0 Å². The SMILES string of the molecule is C/C=C1\C(=C(C)C)OCC(CN2CCCC2)=C1c1ccc(F)cc1.C1CC1.CC.CCOC. The molecule has 1 aromatic rings. The fraction of sp³-hybridized carbons (Fsp3) is 0.586. The van der Waals surface area contributed by atoms with E-state index in [4.69, 9.17) is 4.74 Å². The predicted molar refractivity (Wildman–Crippen MR) is 140 cm³/mol. The van der Waals surface area contributed by atoms with Gasteiger partial charge in [-0.05, 0) is 88.0 Å². The maximum atomic E-state index is 13.4. The summed E-state index contributed by atoms with van der Waals surface area (Å²) in [5.74, 6) is 0.763. The molecule has 0 atom stereocenters. The topological polar surface area (TPSA) is 21.7 Å². The number of likely N-dealkylation sites (tertiary alicyclic amines) is 1. The maximum Gasteiger partial charge on any atom is 0.125 e. The average molecular weight is 460 g/mol. The van der Waals surface area contributed by atoms with E-state index in [1.807, 2.05) is 39.8 Å². The molecule has 0 aromatic heterocycles. The summed E-state index contributed by atoms with van der Waals surface area (Å²) in [6.45, 7) is 16.8. The minimum atomic E-state index is -0.197. The summed E-state index contributed by atoms with van der Waals surface area (Å²) in [6.07, 6.45) is 9.16. The quantitative estimate of drug-likeness (QED) is 0.458. The monoisotopic (exact) mass is 459 g/mol. The van der Waals surface area contributed by atoms with Gasteiger partial charge in [-0.15, -0.1) is 0 Å². The van der Waals surface area contributed by atoms with Gasteiger partial charge in [-0.1, -0.05) is 51.3 Å². The van der Waals surface area contributed by atoms with Gasteiger partial charge in [0.1, 0.15) is 18.2 Å². The first-order valence-corrected chi connectivity index (χ1v) is 12.7. The third kappa shape index (κ3) is 10.3. The van der Waals surface area contributed by atoms with Crippen molar-refractivity contribution in [1.29, 1.82) is 0 Å². The van der Waals surface area contributed by atoms with E-state index in [1.54, 1.807) is 19.2 Å². The van der Waals surface area contributed by atoms with Crippen molar-refractivity contribution in [1.82, 2.24) is 4.90 Å². The number of rotatable bonds is 4. The third-order valence-corrected chi connectivity index (χ3v) is 5.39. The molecule has 0 N–H and O–H groups in total. The highest BCUT2D eigenvalue weighted by molar-refractivity contribution is 5.86. The summed E-state index contributed by atoms with van der Waals surface area (Å²) in [5, 5.41) is 0. The molecule has 1 saturated carbocycles. The summed E-state index contributed by atoms with van der Waals surface area (Å²) in [7, 11) is 1.68. The lowest BCUT2D eigenvalue weighted by Gasteiger charge is -2.30. The number of ether oxygens (including phenoxy) is 2. The second-order valence-corrected chi connectivity index (χ2v) is 8.43. The molecule has 1 aliphatic carbocycles. The maximum absolute atomic E-state index is 13.4. The minimum Gasteiger partial charge on any atom is -0.489 e. The summed E-state index contributed by atoms with van der Waals surface area (Å²) >= 11 is 0. The van der Waals surface area contributed by atoms with E-state index in [1.165, 1.54) is 48.8 Å². The fourth-order valence-electron chi connectivity index (χ4n) is 3.61. The van der Waals surface area contributed by atoms with Crippen LogP contribution < -0.4 is 0 Å². The van der Waals surface area contributed by atoms with Crippen LogP contribution >= 0.6 is 0 Å². The van der Waals surface area contributed by atoms with E-state index < -0.39 is 0 Å². The first kappa shape index (κ1) is 29.1. The Morgan fingerprint density at radius 2 is 1.58 bits per heavy atom. The summed E-state index contributed by atoms with van der Waals surface area (Å²) < 4.78 is 24.0. The van der Waals surface area contributed by atoms with E-state index in [2.05, 4.69) is 29.6 Å². The Bertz CT molecular complexity index is 761. The number of halogens is 1. The molecular weight excluding hydrogens is 413 g/mol. The molecule has 33 heavy (non-hydrogen) atoms. The van der Waals surface area contributed by atoms with Crippen LogP contribution in [-0.4, -0.2) is 44.9 Å². The fourth-order valence-corrected chi connectivity index (χ4v) is 3.61. The number of hydrogen-bond acceptors (Lipinski definition) is 3. The van der Waals surface area contributed by atoms with E-state index in [0.29, 0.717) is 6.61 Å². The van der Waals surface area contributed by atoms with Gasteiger partial charge in [0.25, 0.3) is 0 Å². The molecule has 1 saturated heterocycles. The molecule has 4 heteroatoms. The Hall–Kier alpha value is -1.91. The van der Waals surface area contributed by atoms with Crippen LogP contribution in [0.2, 0.25) is 0 Å². The van der Waals surface area contributed by atoms with Gasteiger partial charge < -0.3 is 9.47 Å². The molecule has 0 spiro atoms. The number of benzene rings is 1. The summed E-state index contributed by atoms with van der Waals surface area (Å²) in [6, 6.07) is 6.85. The predicted octanol–water partition coefficient (Wildman–Crippen LogP) is 7.79. The van der Waals surface area contributed by atoms with Crippen molar-refractivity contribution in [2.45, 2.75) is 73.6 Å². The molecule has 3 aliphatic rings. The van der Waals surface area contributed by atoms with Gasteiger partial charge in [-0.3, -0.25) is 4.90 Å². The van der Waals surface area contributed by atoms with Gasteiger partial charge >= 0.3 is 0 Å². The number of allylic oxidation sites excluding steroid dienone is 3. The molecule has 0 radical (unpaired) electrons. The van der Waals surface area contributed by atoms with Crippen LogP contribution in [0.1, 0.15) is 79.2 Å². The lowest BCUT2D eigenvalue weighted by Crippen LogP contribution is -2.26. The van der Waals surface area contributed by atoms with Gasteiger partial charge in [-0.2, -0.15) is 0 Å². The standard InChI is InChI=1S/C21H26FNO.C3H8O.C3H6.C2H6/c1-4-19-20(16-7-9-18(22)10-8-16)17(13-23-11-5-6-12-23)14-24-21(19)15(2)3;1-3-4-2;1-2-3-1;1-2/h4,7-10H,5-6,11-14H2,1-3H3;3H2,1-2H3;1-3H2;1-2H3/b19-4-;;;. The van der Waals surface area contributed by atoms with Crippen LogP contribution in [-0.2, 0) is 9.47 Å². The zero-order chi connectivity index (χ0) is 24.6. The number of nitrogens with zero attached hydrogens (tertiary/aromatic N) is 1. The third-order valence-electron chi connectivity index (χ3n) is 5.39. The van der Waals surface area contributed by atoms with E-state index >= 15 is 0 Å². The van der Waals surface area contributed by atoms with Crippen molar-refractivity contribution < 1.29 is 13.9 Å². The smallest absolute Gasteiger partial charge is 0.125 e.